The number of hydrogen-bond donors (Lipinski definition) is 5. The molecule has 1 rings (SSSR count). The molecule has 2 amide bonds. The fraction of sp³-hybridized carbons (Fsp3) is 0.526. The fourth-order valence-corrected chi connectivity index (χ4v) is 2.54. The predicted molar refractivity (Wildman–Crippen MR) is 107 cm³/mol. The largest absolute Gasteiger partial charge is 0.508 e. The molecule has 0 aromatic heterocycles. The molecule has 0 unspecified atom stereocenters. The van der Waals surface area contributed by atoms with E-state index in [0.717, 1.165) is 0 Å². The number of amides is 2. The van der Waals surface area contributed by atoms with Crippen LogP contribution >= 0.6 is 0 Å². The standard InChI is InChI=1S/C19H28N4O7/c1-10(2)14(18(27)28)22-16(25)13(9-11-5-7-12(24)8-6-11)21-17(26)15(20)19(3,4)23(29)30/h5-8,10,13-15,24H,9,20H2,1-4H3,(H,21,26)(H,22,25)(H,27,28)/t13-,14-,15+/m0/s1. The minimum Gasteiger partial charge on any atom is -0.508 e. The number of nitrogens with one attached hydrogen (secondary N) is 2. The molecule has 0 aliphatic carbocycles. The molecular weight excluding hydrogens is 396 g/mol. The second kappa shape index (κ2) is 10.0. The van der Waals surface area contributed by atoms with Crippen LogP contribution in [-0.2, 0) is 20.8 Å². The minimum absolute atomic E-state index is 0.00397. The van der Waals surface area contributed by atoms with E-state index in [9.17, 15) is 34.7 Å². The van der Waals surface area contributed by atoms with Gasteiger partial charge in [-0.25, -0.2) is 4.79 Å². The third-order valence-corrected chi connectivity index (χ3v) is 4.75. The summed E-state index contributed by atoms with van der Waals surface area (Å²) in [7, 11) is 0. The number of nitro groups is 1. The van der Waals surface area contributed by atoms with E-state index in [1.54, 1.807) is 13.8 Å². The number of phenolic OH excluding ortho intramolecular Hbond substituents is 1. The zero-order valence-electron chi connectivity index (χ0n) is 17.3. The predicted octanol–water partition coefficient (Wildman–Crippen LogP) is 0.0275. The smallest absolute Gasteiger partial charge is 0.326 e. The van der Waals surface area contributed by atoms with Crippen LogP contribution in [0.5, 0.6) is 5.75 Å². The molecule has 0 aliphatic rings. The topological polar surface area (TPSA) is 185 Å². The number of nitrogens with two attached hydrogens (primary N) is 1. The summed E-state index contributed by atoms with van der Waals surface area (Å²) in [6.45, 7) is 5.60. The van der Waals surface area contributed by atoms with Gasteiger partial charge >= 0.3 is 5.97 Å². The normalized spacial score (nSPS) is 14.5. The van der Waals surface area contributed by atoms with Crippen molar-refractivity contribution in [3.8, 4) is 5.75 Å². The summed E-state index contributed by atoms with van der Waals surface area (Å²) in [4.78, 5) is 47.2. The van der Waals surface area contributed by atoms with Crippen LogP contribution in [0.1, 0.15) is 33.3 Å². The molecule has 0 spiro atoms. The summed E-state index contributed by atoms with van der Waals surface area (Å²) in [5, 5.41) is 34.7. The molecule has 3 atom stereocenters. The van der Waals surface area contributed by atoms with Gasteiger partial charge < -0.3 is 26.6 Å². The van der Waals surface area contributed by atoms with Crippen molar-refractivity contribution >= 4 is 17.8 Å². The molecule has 0 heterocycles. The number of benzene rings is 1. The first kappa shape index (κ1) is 24.8. The number of hydrogen-bond acceptors (Lipinski definition) is 7. The van der Waals surface area contributed by atoms with Crippen LogP contribution in [0, 0.1) is 16.0 Å². The molecule has 6 N–H and O–H groups in total. The Balaban J connectivity index is 3.11. The van der Waals surface area contributed by atoms with Crippen LogP contribution < -0.4 is 16.4 Å². The number of carboxylic acids is 1. The lowest BCUT2D eigenvalue weighted by Gasteiger charge is -2.27. The highest BCUT2D eigenvalue weighted by molar-refractivity contribution is 5.92. The number of rotatable bonds is 10. The maximum atomic E-state index is 12.8. The van der Waals surface area contributed by atoms with Crippen LogP contribution in [0.4, 0.5) is 0 Å². The van der Waals surface area contributed by atoms with Crippen LogP contribution in [0.25, 0.3) is 0 Å². The monoisotopic (exact) mass is 424 g/mol. The van der Waals surface area contributed by atoms with Gasteiger partial charge in [-0.15, -0.1) is 0 Å². The van der Waals surface area contributed by atoms with Crippen molar-refractivity contribution in [3.63, 3.8) is 0 Å². The van der Waals surface area contributed by atoms with Crippen LogP contribution in [0.2, 0.25) is 0 Å². The lowest BCUT2D eigenvalue weighted by Crippen LogP contribution is -2.61. The maximum Gasteiger partial charge on any atom is 0.326 e. The molecule has 1 aromatic rings. The van der Waals surface area contributed by atoms with Crippen molar-refractivity contribution < 1.29 is 29.5 Å². The number of carbonyl (C=O) groups excluding carboxylic acids is 2. The van der Waals surface area contributed by atoms with E-state index in [1.165, 1.54) is 38.1 Å². The Bertz CT molecular complexity index is 793. The number of nitrogens with zero attached hydrogens (tertiary/aromatic N) is 1. The maximum absolute atomic E-state index is 12.8. The molecule has 11 nitrogen and oxygen atoms in total. The first-order valence-corrected chi connectivity index (χ1v) is 9.28. The van der Waals surface area contributed by atoms with Crippen molar-refractivity contribution in [1.82, 2.24) is 10.6 Å². The van der Waals surface area contributed by atoms with E-state index >= 15 is 0 Å². The van der Waals surface area contributed by atoms with Crippen molar-refractivity contribution in [2.45, 2.75) is 57.8 Å². The Morgan fingerprint density at radius 3 is 2.10 bits per heavy atom. The van der Waals surface area contributed by atoms with E-state index in [4.69, 9.17) is 5.73 Å². The third-order valence-electron chi connectivity index (χ3n) is 4.75. The van der Waals surface area contributed by atoms with Crippen molar-refractivity contribution in [1.29, 1.82) is 0 Å². The summed E-state index contributed by atoms with van der Waals surface area (Å²) < 4.78 is 0. The highest BCUT2D eigenvalue weighted by Crippen LogP contribution is 2.15. The van der Waals surface area contributed by atoms with Gasteiger partial charge in [0.1, 0.15) is 17.8 Å². The van der Waals surface area contributed by atoms with Gasteiger partial charge in [0.15, 0.2) is 6.04 Å². The summed E-state index contributed by atoms with van der Waals surface area (Å²) in [6.07, 6.45) is -0.0477. The zero-order chi connectivity index (χ0) is 23.2. The summed E-state index contributed by atoms with van der Waals surface area (Å²) in [6, 6.07) is 1.85. The molecule has 0 aliphatic heterocycles. The molecule has 0 bridgehead atoms. The Labute approximate surface area is 173 Å². The van der Waals surface area contributed by atoms with E-state index in [1.807, 2.05) is 0 Å². The SMILES string of the molecule is CC(C)[C@H](NC(=O)[C@H](Cc1ccc(O)cc1)NC(=O)[C@@H](N)C(C)(C)[N+](=O)[O-])C(=O)O. The highest BCUT2D eigenvalue weighted by Gasteiger charge is 2.44. The average Bonchev–Trinajstić information content (AvgIpc) is 2.65. The first-order chi connectivity index (χ1) is 13.8. The van der Waals surface area contributed by atoms with Gasteiger partial charge in [0.05, 0.1) is 0 Å². The van der Waals surface area contributed by atoms with Gasteiger partial charge in [-0.1, -0.05) is 26.0 Å². The highest BCUT2D eigenvalue weighted by atomic mass is 16.6. The summed E-state index contributed by atoms with van der Waals surface area (Å²) in [5.41, 5.74) is 4.52. The van der Waals surface area contributed by atoms with E-state index in [2.05, 4.69) is 10.6 Å². The van der Waals surface area contributed by atoms with E-state index < -0.39 is 52.3 Å². The van der Waals surface area contributed by atoms with E-state index in [-0.39, 0.29) is 12.2 Å². The molecule has 30 heavy (non-hydrogen) atoms. The number of phenols is 1. The minimum atomic E-state index is -1.79. The Hall–Kier alpha value is -3.21. The average molecular weight is 424 g/mol. The Morgan fingerprint density at radius 2 is 1.67 bits per heavy atom. The Kier molecular flexibility index (Phi) is 8.28. The first-order valence-electron chi connectivity index (χ1n) is 9.28. The molecule has 0 saturated carbocycles. The molecule has 1 aromatic carbocycles. The number of aliphatic carboxylic acids is 1. The molecule has 166 valence electrons. The van der Waals surface area contributed by atoms with Gasteiger partial charge in [0.2, 0.25) is 17.4 Å². The second-order valence-electron chi connectivity index (χ2n) is 7.89. The van der Waals surface area contributed by atoms with Gasteiger partial charge in [0.25, 0.3) is 0 Å². The number of carbonyl (C=O) groups is 3. The third kappa shape index (κ3) is 6.41. The zero-order valence-corrected chi connectivity index (χ0v) is 17.3. The molecule has 0 radical (unpaired) electrons. The van der Waals surface area contributed by atoms with Gasteiger partial charge in [-0.05, 0) is 23.6 Å². The Morgan fingerprint density at radius 1 is 1.13 bits per heavy atom. The second-order valence-corrected chi connectivity index (χ2v) is 7.89. The van der Waals surface area contributed by atoms with Crippen LogP contribution in [0.15, 0.2) is 24.3 Å². The van der Waals surface area contributed by atoms with Gasteiger partial charge in [-0.3, -0.25) is 19.7 Å². The molecular formula is C19H28N4O7. The van der Waals surface area contributed by atoms with E-state index in [0.29, 0.717) is 5.56 Å². The van der Waals surface area contributed by atoms with Gasteiger partial charge in [0, 0.05) is 25.2 Å². The van der Waals surface area contributed by atoms with Gasteiger partial charge in [-0.2, -0.15) is 0 Å². The summed E-state index contributed by atoms with van der Waals surface area (Å²) in [5.74, 6) is -3.36. The molecule has 11 heteroatoms. The van der Waals surface area contributed by atoms with Crippen molar-refractivity contribution in [2.24, 2.45) is 11.7 Å². The van der Waals surface area contributed by atoms with Crippen molar-refractivity contribution in [3.05, 3.63) is 39.9 Å². The number of aromatic hydroxyl groups is 1. The summed E-state index contributed by atoms with van der Waals surface area (Å²) >= 11 is 0. The van der Waals surface area contributed by atoms with Crippen LogP contribution in [0.3, 0.4) is 0 Å². The van der Waals surface area contributed by atoms with Crippen LogP contribution in [-0.4, -0.2) is 56.6 Å². The lowest BCUT2D eigenvalue weighted by molar-refractivity contribution is -0.561. The number of carboxylic acid groups (broad SMARTS) is 1. The van der Waals surface area contributed by atoms with Crippen molar-refractivity contribution in [2.75, 3.05) is 0 Å². The lowest BCUT2D eigenvalue weighted by atomic mass is 9.94. The molecule has 0 fully saturated rings. The fourth-order valence-electron chi connectivity index (χ4n) is 2.54. The quantitative estimate of drug-likeness (QED) is 0.257. The molecule has 0 saturated heterocycles.